The van der Waals surface area contributed by atoms with E-state index in [1.807, 2.05) is 0 Å². The smallest absolute Gasteiger partial charge is 0.176 e. The highest BCUT2D eigenvalue weighted by molar-refractivity contribution is 7.90. The normalized spacial score (nSPS) is 12.2. The summed E-state index contributed by atoms with van der Waals surface area (Å²) < 4.78 is 22.9. The molecule has 0 unspecified atom stereocenters. The molecule has 15 heavy (non-hydrogen) atoms. The Bertz CT molecular complexity index is 480. The van der Waals surface area contributed by atoms with Gasteiger partial charge in [0, 0.05) is 23.4 Å². The van der Waals surface area contributed by atoms with Gasteiger partial charge in [-0.3, -0.25) is 0 Å². The highest BCUT2D eigenvalue weighted by Gasteiger charge is 2.13. The summed E-state index contributed by atoms with van der Waals surface area (Å²) in [5.74, 6) is 0. The second-order valence-corrected chi connectivity index (χ2v) is 5.45. The van der Waals surface area contributed by atoms with Gasteiger partial charge in [0.15, 0.2) is 9.84 Å². The quantitative estimate of drug-likeness (QED) is 0.882. The van der Waals surface area contributed by atoms with Gasteiger partial charge >= 0.3 is 0 Å². The minimum atomic E-state index is -3.26. The summed E-state index contributed by atoms with van der Waals surface area (Å²) in [6, 6.07) is 4.78. The summed E-state index contributed by atoms with van der Waals surface area (Å²) in [7, 11) is -3.26. The first-order chi connectivity index (χ1) is 6.96. The second-order valence-electron chi connectivity index (χ2n) is 3.06. The number of benzene rings is 1. The van der Waals surface area contributed by atoms with Crippen LogP contribution >= 0.6 is 11.6 Å². The van der Waals surface area contributed by atoms with Crippen LogP contribution in [0, 0.1) is 0 Å². The van der Waals surface area contributed by atoms with Crippen LogP contribution in [-0.4, -0.2) is 21.2 Å². The Kier molecular flexibility index (Phi) is 3.90. The Balaban J connectivity index is 3.40. The van der Waals surface area contributed by atoms with E-state index in [4.69, 9.17) is 17.3 Å². The summed E-state index contributed by atoms with van der Waals surface area (Å²) in [4.78, 5) is 0.222. The fourth-order valence-corrected chi connectivity index (χ4v) is 2.39. The SMILES string of the molecule is CS(=O)(=O)c1cccc(Cl)c1/C=C/CN. The van der Waals surface area contributed by atoms with E-state index in [1.165, 1.54) is 6.07 Å². The molecule has 1 aromatic rings. The third-order valence-electron chi connectivity index (χ3n) is 1.83. The van der Waals surface area contributed by atoms with Crippen molar-refractivity contribution in [2.24, 2.45) is 5.73 Å². The molecule has 1 rings (SSSR count). The molecule has 0 atom stereocenters. The molecule has 0 aliphatic carbocycles. The minimum absolute atomic E-state index is 0.222. The van der Waals surface area contributed by atoms with E-state index >= 15 is 0 Å². The van der Waals surface area contributed by atoms with Crippen molar-refractivity contribution >= 4 is 27.5 Å². The summed E-state index contributed by atoms with van der Waals surface area (Å²) >= 11 is 5.91. The average molecular weight is 246 g/mol. The average Bonchev–Trinajstić information content (AvgIpc) is 2.14. The molecule has 0 aromatic heterocycles. The summed E-state index contributed by atoms with van der Waals surface area (Å²) in [6.45, 7) is 0.342. The molecule has 0 spiro atoms. The van der Waals surface area contributed by atoms with Gasteiger partial charge in [-0.1, -0.05) is 29.8 Å². The molecule has 0 bridgehead atoms. The maximum absolute atomic E-state index is 11.4. The molecule has 0 aliphatic rings. The number of rotatable bonds is 3. The molecule has 0 aliphatic heterocycles. The molecule has 0 radical (unpaired) electrons. The van der Waals surface area contributed by atoms with Crippen molar-refractivity contribution in [3.63, 3.8) is 0 Å². The van der Waals surface area contributed by atoms with Gasteiger partial charge in [-0.25, -0.2) is 8.42 Å². The highest BCUT2D eigenvalue weighted by atomic mass is 35.5. The van der Waals surface area contributed by atoms with Crippen LogP contribution in [0.15, 0.2) is 29.2 Å². The van der Waals surface area contributed by atoms with Crippen molar-refractivity contribution in [2.75, 3.05) is 12.8 Å². The van der Waals surface area contributed by atoms with Crippen LogP contribution in [-0.2, 0) is 9.84 Å². The predicted octanol–water partition coefficient (Wildman–Crippen LogP) is 1.72. The van der Waals surface area contributed by atoms with Crippen LogP contribution in [0.25, 0.3) is 6.08 Å². The van der Waals surface area contributed by atoms with Crippen molar-refractivity contribution in [3.05, 3.63) is 34.9 Å². The standard InChI is InChI=1S/C10H12ClNO2S/c1-15(13,14)10-6-2-5-9(11)8(10)4-3-7-12/h2-6H,7,12H2,1H3/b4-3+. The lowest BCUT2D eigenvalue weighted by atomic mass is 10.2. The van der Waals surface area contributed by atoms with Crippen LogP contribution in [0.4, 0.5) is 0 Å². The first-order valence-corrected chi connectivity index (χ1v) is 6.59. The number of hydrogen-bond donors (Lipinski definition) is 1. The molecule has 0 amide bonds. The Hall–Kier alpha value is -0.840. The largest absolute Gasteiger partial charge is 0.327 e. The monoisotopic (exact) mass is 245 g/mol. The van der Waals surface area contributed by atoms with E-state index in [1.54, 1.807) is 24.3 Å². The Morgan fingerprint density at radius 2 is 2.13 bits per heavy atom. The topological polar surface area (TPSA) is 60.2 Å². The molecule has 0 fully saturated rings. The lowest BCUT2D eigenvalue weighted by molar-refractivity contribution is 0.601. The fraction of sp³-hybridized carbons (Fsp3) is 0.200. The van der Waals surface area contributed by atoms with Crippen LogP contribution in [0.1, 0.15) is 5.56 Å². The van der Waals surface area contributed by atoms with E-state index in [9.17, 15) is 8.42 Å². The molecule has 5 heteroatoms. The highest BCUT2D eigenvalue weighted by Crippen LogP contribution is 2.25. The van der Waals surface area contributed by atoms with E-state index in [-0.39, 0.29) is 4.90 Å². The van der Waals surface area contributed by atoms with Gasteiger partial charge in [0.25, 0.3) is 0 Å². The zero-order valence-corrected chi connectivity index (χ0v) is 9.85. The van der Waals surface area contributed by atoms with Crippen molar-refractivity contribution < 1.29 is 8.42 Å². The first-order valence-electron chi connectivity index (χ1n) is 4.32. The van der Waals surface area contributed by atoms with Gasteiger partial charge in [-0.15, -0.1) is 0 Å². The Morgan fingerprint density at radius 1 is 1.47 bits per heavy atom. The van der Waals surface area contributed by atoms with Crippen molar-refractivity contribution in [3.8, 4) is 0 Å². The van der Waals surface area contributed by atoms with Crippen molar-refractivity contribution in [1.82, 2.24) is 0 Å². The van der Waals surface area contributed by atoms with Gasteiger partial charge in [0.1, 0.15) is 0 Å². The molecule has 0 heterocycles. The number of sulfone groups is 1. The number of hydrogen-bond acceptors (Lipinski definition) is 3. The van der Waals surface area contributed by atoms with Gasteiger partial charge < -0.3 is 5.73 Å². The fourth-order valence-electron chi connectivity index (χ4n) is 1.19. The van der Waals surface area contributed by atoms with E-state index in [0.717, 1.165) is 6.26 Å². The summed E-state index contributed by atoms with van der Waals surface area (Å²) in [5, 5.41) is 0.405. The summed E-state index contributed by atoms with van der Waals surface area (Å²) in [5.41, 5.74) is 5.80. The predicted molar refractivity (Wildman–Crippen MR) is 62.7 cm³/mol. The third kappa shape index (κ3) is 3.06. The van der Waals surface area contributed by atoms with E-state index < -0.39 is 9.84 Å². The molecular formula is C10H12ClNO2S. The molecule has 0 saturated carbocycles. The van der Waals surface area contributed by atoms with E-state index in [0.29, 0.717) is 17.1 Å². The number of halogens is 1. The van der Waals surface area contributed by atoms with Gasteiger partial charge in [-0.05, 0) is 12.1 Å². The van der Waals surface area contributed by atoms with E-state index in [2.05, 4.69) is 0 Å². The van der Waals surface area contributed by atoms with Gasteiger partial charge in [-0.2, -0.15) is 0 Å². The molecule has 3 nitrogen and oxygen atoms in total. The molecular weight excluding hydrogens is 234 g/mol. The van der Waals surface area contributed by atoms with Crippen LogP contribution < -0.4 is 5.73 Å². The first kappa shape index (κ1) is 12.2. The molecule has 82 valence electrons. The maximum atomic E-state index is 11.4. The second kappa shape index (κ2) is 4.79. The summed E-state index contributed by atoms with van der Waals surface area (Å²) in [6.07, 6.45) is 4.44. The lowest BCUT2D eigenvalue weighted by Crippen LogP contribution is -2.00. The molecule has 0 saturated heterocycles. The zero-order chi connectivity index (χ0) is 11.5. The number of nitrogens with two attached hydrogens (primary N) is 1. The van der Waals surface area contributed by atoms with Gasteiger partial charge in [0.05, 0.1) is 4.90 Å². The van der Waals surface area contributed by atoms with Crippen molar-refractivity contribution in [2.45, 2.75) is 4.90 Å². The van der Waals surface area contributed by atoms with Crippen LogP contribution in [0.2, 0.25) is 5.02 Å². The zero-order valence-electron chi connectivity index (χ0n) is 8.27. The molecule has 2 N–H and O–H groups in total. The maximum Gasteiger partial charge on any atom is 0.176 e. The van der Waals surface area contributed by atoms with Crippen LogP contribution in [0.3, 0.4) is 0 Å². The lowest BCUT2D eigenvalue weighted by Gasteiger charge is -2.05. The Morgan fingerprint density at radius 3 is 2.67 bits per heavy atom. The minimum Gasteiger partial charge on any atom is -0.327 e. The molecule has 1 aromatic carbocycles. The Labute approximate surface area is 94.5 Å². The van der Waals surface area contributed by atoms with Gasteiger partial charge in [0.2, 0.25) is 0 Å². The third-order valence-corrected chi connectivity index (χ3v) is 3.32. The van der Waals surface area contributed by atoms with Crippen molar-refractivity contribution in [1.29, 1.82) is 0 Å². The van der Waals surface area contributed by atoms with Crippen LogP contribution in [0.5, 0.6) is 0 Å².